The SMILES string of the molecule is CCOc1cc(/C=C(\C#N)C(=O)Nc2cc([N+](=O)[O-])ccc2Cl)ccc1OCc1ccc(Cl)cc1Cl. The normalized spacial score (nSPS) is 10.9. The number of hydrogen-bond donors (Lipinski definition) is 1. The summed E-state index contributed by atoms with van der Waals surface area (Å²) in [6.07, 6.45) is 1.35. The highest BCUT2D eigenvalue weighted by Gasteiger charge is 2.16. The molecule has 3 aromatic rings. The van der Waals surface area contributed by atoms with Crippen molar-refractivity contribution in [3.8, 4) is 17.6 Å². The first kappa shape index (κ1) is 26.8. The number of ether oxygens (including phenoxy) is 2. The lowest BCUT2D eigenvalue weighted by Crippen LogP contribution is -2.14. The van der Waals surface area contributed by atoms with E-state index in [2.05, 4.69) is 5.32 Å². The number of halogens is 3. The number of nitrogens with zero attached hydrogens (tertiary/aromatic N) is 2. The molecule has 0 bridgehead atoms. The van der Waals surface area contributed by atoms with Crippen molar-refractivity contribution < 1.29 is 19.2 Å². The van der Waals surface area contributed by atoms with Crippen molar-refractivity contribution in [2.24, 2.45) is 0 Å². The molecule has 0 fully saturated rings. The van der Waals surface area contributed by atoms with E-state index >= 15 is 0 Å². The largest absolute Gasteiger partial charge is 0.490 e. The molecule has 0 spiro atoms. The topological polar surface area (TPSA) is 114 Å². The number of hydrogen-bond acceptors (Lipinski definition) is 6. The van der Waals surface area contributed by atoms with Crippen LogP contribution in [0.3, 0.4) is 0 Å². The molecular weight excluding hydrogens is 529 g/mol. The molecule has 3 aromatic carbocycles. The number of carbonyl (C=O) groups is 1. The highest BCUT2D eigenvalue weighted by molar-refractivity contribution is 6.35. The molecule has 0 aliphatic carbocycles. The molecule has 0 radical (unpaired) electrons. The number of benzene rings is 3. The number of nitro benzene ring substituents is 1. The fourth-order valence-electron chi connectivity index (χ4n) is 3.02. The van der Waals surface area contributed by atoms with Gasteiger partial charge in [0.1, 0.15) is 18.2 Å². The van der Waals surface area contributed by atoms with Crippen LogP contribution in [0.15, 0.2) is 60.2 Å². The molecule has 0 aliphatic rings. The van der Waals surface area contributed by atoms with E-state index in [1.807, 2.05) is 6.07 Å². The first-order chi connectivity index (χ1) is 17.2. The number of nitrogens with one attached hydrogen (secondary N) is 1. The smallest absolute Gasteiger partial charge is 0.271 e. The Labute approximate surface area is 221 Å². The molecule has 0 unspecified atom stereocenters. The number of carbonyl (C=O) groups excluding carboxylic acids is 1. The van der Waals surface area contributed by atoms with Crippen LogP contribution < -0.4 is 14.8 Å². The van der Waals surface area contributed by atoms with Gasteiger partial charge in [0.05, 0.1) is 22.2 Å². The summed E-state index contributed by atoms with van der Waals surface area (Å²) in [5, 5.41) is 24.0. The van der Waals surface area contributed by atoms with Crippen molar-refractivity contribution in [3.63, 3.8) is 0 Å². The van der Waals surface area contributed by atoms with Crippen LogP contribution in [0.4, 0.5) is 11.4 Å². The number of non-ortho nitro benzene ring substituents is 1. The molecule has 1 N–H and O–H groups in total. The summed E-state index contributed by atoms with van der Waals surface area (Å²) >= 11 is 18.2. The average Bonchev–Trinajstić information content (AvgIpc) is 2.84. The minimum Gasteiger partial charge on any atom is -0.490 e. The van der Waals surface area contributed by atoms with Crippen molar-refractivity contribution in [1.29, 1.82) is 5.26 Å². The van der Waals surface area contributed by atoms with Gasteiger partial charge in [-0.2, -0.15) is 5.26 Å². The Morgan fingerprint density at radius 3 is 2.50 bits per heavy atom. The predicted octanol–water partition coefficient (Wildman–Crippen LogP) is 7.08. The zero-order valence-electron chi connectivity index (χ0n) is 18.8. The van der Waals surface area contributed by atoms with Crippen LogP contribution in [0, 0.1) is 21.4 Å². The van der Waals surface area contributed by atoms with Crippen molar-refractivity contribution in [1.82, 2.24) is 0 Å². The van der Waals surface area contributed by atoms with Crippen molar-refractivity contribution in [3.05, 3.63) is 96.5 Å². The van der Waals surface area contributed by atoms with Crippen molar-refractivity contribution >= 4 is 58.2 Å². The average molecular weight is 547 g/mol. The van der Waals surface area contributed by atoms with Gasteiger partial charge in [0.15, 0.2) is 11.5 Å². The Balaban J connectivity index is 1.82. The number of nitro groups is 1. The predicted molar refractivity (Wildman–Crippen MR) is 139 cm³/mol. The number of anilines is 1. The maximum atomic E-state index is 12.7. The standard InChI is InChI=1S/C25H18Cl3N3O5/c1-2-35-24-10-15(3-8-23(24)36-14-16-4-5-18(26)11-21(16)28)9-17(13-29)25(32)30-22-12-19(31(33)34)6-7-20(22)27/h3-12H,2,14H2,1H3,(H,30,32)/b17-9+. The summed E-state index contributed by atoms with van der Waals surface area (Å²) in [5.41, 5.74) is 0.732. The molecule has 8 nitrogen and oxygen atoms in total. The lowest BCUT2D eigenvalue weighted by atomic mass is 10.1. The maximum Gasteiger partial charge on any atom is 0.271 e. The highest BCUT2D eigenvalue weighted by Crippen LogP contribution is 2.32. The van der Waals surface area contributed by atoms with Gasteiger partial charge in [-0.1, -0.05) is 46.9 Å². The Bertz CT molecular complexity index is 1390. The lowest BCUT2D eigenvalue weighted by Gasteiger charge is -2.13. The van der Waals surface area contributed by atoms with E-state index in [1.165, 1.54) is 18.2 Å². The number of amides is 1. The van der Waals surface area contributed by atoms with Gasteiger partial charge in [-0.25, -0.2) is 0 Å². The van der Waals surface area contributed by atoms with Gasteiger partial charge in [-0.3, -0.25) is 14.9 Å². The van der Waals surface area contributed by atoms with E-state index in [4.69, 9.17) is 44.3 Å². The van der Waals surface area contributed by atoms with Gasteiger partial charge < -0.3 is 14.8 Å². The van der Waals surface area contributed by atoms with Crippen LogP contribution in [-0.4, -0.2) is 17.4 Å². The molecule has 0 aliphatic heterocycles. The second-order valence-electron chi connectivity index (χ2n) is 7.21. The Morgan fingerprint density at radius 2 is 1.83 bits per heavy atom. The lowest BCUT2D eigenvalue weighted by molar-refractivity contribution is -0.384. The van der Waals surface area contributed by atoms with Crippen LogP contribution in [0.5, 0.6) is 11.5 Å². The van der Waals surface area contributed by atoms with E-state index in [-0.39, 0.29) is 28.6 Å². The quantitative estimate of drug-likeness (QED) is 0.133. The zero-order valence-corrected chi connectivity index (χ0v) is 21.0. The first-order valence-electron chi connectivity index (χ1n) is 10.4. The molecule has 36 heavy (non-hydrogen) atoms. The summed E-state index contributed by atoms with van der Waals surface area (Å²) in [6.45, 7) is 2.32. The third-order valence-corrected chi connectivity index (χ3v) is 5.67. The second kappa shape index (κ2) is 12.3. The monoisotopic (exact) mass is 545 g/mol. The molecular formula is C25H18Cl3N3O5. The summed E-state index contributed by atoms with van der Waals surface area (Å²) in [5.74, 6) is 0.0534. The third kappa shape index (κ3) is 6.89. The Hall–Kier alpha value is -3.77. The first-order valence-corrected chi connectivity index (χ1v) is 11.6. The molecule has 3 rings (SSSR count). The second-order valence-corrected chi connectivity index (χ2v) is 8.46. The molecule has 0 heterocycles. The third-order valence-electron chi connectivity index (χ3n) is 4.75. The van der Waals surface area contributed by atoms with Crippen molar-refractivity contribution in [2.45, 2.75) is 13.5 Å². The molecule has 11 heteroatoms. The molecule has 0 saturated carbocycles. The molecule has 0 aromatic heterocycles. The Morgan fingerprint density at radius 1 is 1.06 bits per heavy atom. The molecule has 1 amide bonds. The number of nitriles is 1. The summed E-state index contributed by atoms with van der Waals surface area (Å²) in [4.78, 5) is 23.1. The van der Waals surface area contributed by atoms with Gasteiger partial charge in [0.25, 0.3) is 11.6 Å². The van der Waals surface area contributed by atoms with E-state index < -0.39 is 10.8 Å². The fourth-order valence-corrected chi connectivity index (χ4v) is 3.65. The van der Waals surface area contributed by atoms with Crippen LogP contribution in [0.1, 0.15) is 18.1 Å². The van der Waals surface area contributed by atoms with E-state index in [0.717, 1.165) is 11.6 Å². The van der Waals surface area contributed by atoms with Crippen LogP contribution in [0.2, 0.25) is 15.1 Å². The summed E-state index contributed by atoms with van der Waals surface area (Å²) < 4.78 is 11.5. The molecule has 184 valence electrons. The summed E-state index contributed by atoms with van der Waals surface area (Å²) in [6, 6.07) is 15.4. The van der Waals surface area contributed by atoms with Gasteiger partial charge in [0.2, 0.25) is 0 Å². The number of rotatable bonds is 9. The Kier molecular flexibility index (Phi) is 9.14. The fraction of sp³-hybridized carbons (Fsp3) is 0.120. The van der Waals surface area contributed by atoms with Crippen LogP contribution >= 0.6 is 34.8 Å². The molecule has 0 saturated heterocycles. The summed E-state index contributed by atoms with van der Waals surface area (Å²) in [7, 11) is 0. The van der Waals surface area contributed by atoms with Crippen LogP contribution in [0.25, 0.3) is 6.08 Å². The molecule has 0 atom stereocenters. The minimum absolute atomic E-state index is 0.0108. The van der Waals surface area contributed by atoms with Crippen molar-refractivity contribution in [2.75, 3.05) is 11.9 Å². The van der Waals surface area contributed by atoms with E-state index in [1.54, 1.807) is 43.3 Å². The van der Waals surface area contributed by atoms with Gasteiger partial charge in [-0.05, 0) is 48.9 Å². The van der Waals surface area contributed by atoms with Gasteiger partial charge >= 0.3 is 0 Å². The van der Waals surface area contributed by atoms with E-state index in [0.29, 0.717) is 33.7 Å². The van der Waals surface area contributed by atoms with Crippen LogP contribution in [-0.2, 0) is 11.4 Å². The van der Waals surface area contributed by atoms with Gasteiger partial charge in [-0.15, -0.1) is 0 Å². The minimum atomic E-state index is -0.782. The van der Waals surface area contributed by atoms with E-state index in [9.17, 15) is 20.2 Å². The highest BCUT2D eigenvalue weighted by atomic mass is 35.5. The zero-order chi connectivity index (χ0) is 26.2. The maximum absolute atomic E-state index is 12.7. The van der Waals surface area contributed by atoms with Gasteiger partial charge in [0, 0.05) is 27.7 Å².